The second kappa shape index (κ2) is 3.54. The molecule has 1 rings (SSSR count). The van der Waals surface area contributed by atoms with Crippen molar-refractivity contribution in [2.75, 3.05) is 11.9 Å². The molecule has 0 bridgehead atoms. The topological polar surface area (TPSA) is 29.5 Å². The SMILES string of the molecule is O[C@H](CBr)[C@H]1CCCO1. The molecule has 0 saturated carbocycles. The normalized spacial score (nSPS) is 30.7. The molecule has 0 unspecified atom stereocenters. The van der Waals surface area contributed by atoms with Gasteiger partial charge in [0.2, 0.25) is 0 Å². The smallest absolute Gasteiger partial charge is 0.0898 e. The van der Waals surface area contributed by atoms with Crippen molar-refractivity contribution in [2.24, 2.45) is 0 Å². The van der Waals surface area contributed by atoms with Gasteiger partial charge in [-0.1, -0.05) is 15.9 Å². The first-order valence-electron chi connectivity index (χ1n) is 3.20. The Kier molecular flexibility index (Phi) is 2.95. The van der Waals surface area contributed by atoms with Gasteiger partial charge in [0.05, 0.1) is 12.2 Å². The largest absolute Gasteiger partial charge is 0.390 e. The fraction of sp³-hybridized carbons (Fsp3) is 1.00. The fourth-order valence-corrected chi connectivity index (χ4v) is 1.42. The minimum atomic E-state index is -0.313. The molecule has 0 aromatic heterocycles. The Morgan fingerprint density at radius 2 is 2.56 bits per heavy atom. The highest BCUT2D eigenvalue weighted by atomic mass is 79.9. The molecule has 2 nitrogen and oxygen atoms in total. The van der Waals surface area contributed by atoms with E-state index in [4.69, 9.17) is 4.74 Å². The van der Waals surface area contributed by atoms with Gasteiger partial charge in [0, 0.05) is 11.9 Å². The zero-order valence-corrected chi connectivity index (χ0v) is 6.80. The summed E-state index contributed by atoms with van der Waals surface area (Å²) in [6.07, 6.45) is 1.87. The number of ether oxygens (including phenoxy) is 1. The Balaban J connectivity index is 2.24. The number of alkyl halides is 1. The molecular weight excluding hydrogens is 184 g/mol. The van der Waals surface area contributed by atoms with Crippen molar-refractivity contribution >= 4 is 15.9 Å². The first kappa shape index (κ1) is 7.51. The van der Waals surface area contributed by atoms with E-state index in [9.17, 15) is 5.11 Å². The molecule has 0 aliphatic carbocycles. The fourth-order valence-electron chi connectivity index (χ4n) is 1.01. The first-order chi connectivity index (χ1) is 4.34. The molecule has 3 heteroatoms. The second-order valence-electron chi connectivity index (χ2n) is 2.27. The number of aliphatic hydroxyl groups excluding tert-OH is 1. The van der Waals surface area contributed by atoms with Gasteiger partial charge in [-0.15, -0.1) is 0 Å². The Labute approximate surface area is 63.3 Å². The molecule has 0 radical (unpaired) electrons. The monoisotopic (exact) mass is 194 g/mol. The van der Waals surface area contributed by atoms with Crippen molar-refractivity contribution in [3.63, 3.8) is 0 Å². The van der Waals surface area contributed by atoms with Gasteiger partial charge in [-0.3, -0.25) is 0 Å². The Morgan fingerprint density at radius 3 is 3.00 bits per heavy atom. The van der Waals surface area contributed by atoms with Crippen LogP contribution >= 0.6 is 15.9 Å². The summed E-state index contributed by atoms with van der Waals surface area (Å²) in [5.74, 6) is 0. The Hall–Kier alpha value is 0.400. The van der Waals surface area contributed by atoms with E-state index in [1.54, 1.807) is 0 Å². The molecule has 9 heavy (non-hydrogen) atoms. The summed E-state index contributed by atoms with van der Waals surface area (Å²) in [6.45, 7) is 0.814. The van der Waals surface area contributed by atoms with Crippen LogP contribution in [0.3, 0.4) is 0 Å². The molecule has 0 amide bonds. The van der Waals surface area contributed by atoms with Crippen LogP contribution in [-0.4, -0.2) is 29.3 Å². The highest BCUT2D eigenvalue weighted by molar-refractivity contribution is 9.09. The van der Waals surface area contributed by atoms with E-state index in [1.165, 1.54) is 0 Å². The van der Waals surface area contributed by atoms with Crippen LogP contribution in [0.1, 0.15) is 12.8 Å². The summed E-state index contributed by atoms with van der Waals surface area (Å²) in [6, 6.07) is 0. The number of rotatable bonds is 2. The summed E-state index contributed by atoms with van der Waals surface area (Å²) in [4.78, 5) is 0. The lowest BCUT2D eigenvalue weighted by Gasteiger charge is -2.13. The van der Waals surface area contributed by atoms with E-state index < -0.39 is 0 Å². The molecule has 1 aliphatic heterocycles. The van der Waals surface area contributed by atoms with Gasteiger partial charge in [0.15, 0.2) is 0 Å². The quantitative estimate of drug-likeness (QED) is 0.664. The van der Waals surface area contributed by atoms with Gasteiger partial charge in [-0.2, -0.15) is 0 Å². The average Bonchev–Trinajstić information content (AvgIpc) is 2.37. The molecule has 2 atom stereocenters. The van der Waals surface area contributed by atoms with Gasteiger partial charge in [0.1, 0.15) is 0 Å². The van der Waals surface area contributed by atoms with Crippen molar-refractivity contribution in [1.82, 2.24) is 0 Å². The lowest BCUT2D eigenvalue weighted by Crippen LogP contribution is -2.26. The minimum Gasteiger partial charge on any atom is -0.390 e. The minimum absolute atomic E-state index is 0.0874. The molecule has 0 aromatic carbocycles. The standard InChI is InChI=1S/C6H11BrO2/c7-4-5(8)6-2-1-3-9-6/h5-6,8H,1-4H2/t5-,6-/m1/s1. The Morgan fingerprint density at radius 1 is 1.78 bits per heavy atom. The number of aliphatic hydroxyl groups is 1. The van der Waals surface area contributed by atoms with Gasteiger partial charge in [-0.25, -0.2) is 0 Å². The van der Waals surface area contributed by atoms with Crippen LogP contribution in [0.5, 0.6) is 0 Å². The average molecular weight is 195 g/mol. The molecule has 1 saturated heterocycles. The summed E-state index contributed by atoms with van der Waals surface area (Å²) in [7, 11) is 0. The third kappa shape index (κ3) is 1.92. The second-order valence-corrected chi connectivity index (χ2v) is 2.92. The number of hydrogen-bond donors (Lipinski definition) is 1. The highest BCUT2D eigenvalue weighted by Crippen LogP contribution is 2.16. The van der Waals surface area contributed by atoms with Crippen LogP contribution in [0.25, 0.3) is 0 Å². The molecular formula is C6H11BrO2. The molecule has 0 aromatic rings. The lowest BCUT2D eigenvalue weighted by atomic mass is 10.2. The van der Waals surface area contributed by atoms with Gasteiger partial charge >= 0.3 is 0 Å². The predicted molar refractivity (Wildman–Crippen MR) is 38.8 cm³/mol. The maximum Gasteiger partial charge on any atom is 0.0898 e. The third-order valence-corrected chi connectivity index (χ3v) is 2.22. The first-order valence-corrected chi connectivity index (χ1v) is 4.32. The van der Waals surface area contributed by atoms with Crippen molar-refractivity contribution in [3.8, 4) is 0 Å². The van der Waals surface area contributed by atoms with Crippen LogP contribution in [0.2, 0.25) is 0 Å². The molecule has 0 spiro atoms. The van der Waals surface area contributed by atoms with Gasteiger partial charge < -0.3 is 9.84 Å². The lowest BCUT2D eigenvalue weighted by molar-refractivity contribution is 0.0116. The van der Waals surface area contributed by atoms with Crippen LogP contribution in [0, 0.1) is 0 Å². The summed E-state index contributed by atoms with van der Waals surface area (Å²) >= 11 is 3.19. The maximum absolute atomic E-state index is 9.19. The molecule has 1 fully saturated rings. The van der Waals surface area contributed by atoms with E-state index in [0.717, 1.165) is 19.4 Å². The Bertz CT molecular complexity index is 81.1. The number of halogens is 1. The highest BCUT2D eigenvalue weighted by Gasteiger charge is 2.22. The van der Waals surface area contributed by atoms with E-state index in [0.29, 0.717) is 5.33 Å². The van der Waals surface area contributed by atoms with Crippen LogP contribution < -0.4 is 0 Å². The van der Waals surface area contributed by atoms with Gasteiger partial charge in [-0.05, 0) is 12.8 Å². The van der Waals surface area contributed by atoms with Crippen LogP contribution in [0.4, 0.5) is 0 Å². The van der Waals surface area contributed by atoms with Gasteiger partial charge in [0.25, 0.3) is 0 Å². The maximum atomic E-state index is 9.19. The zero-order chi connectivity index (χ0) is 6.69. The van der Waals surface area contributed by atoms with Crippen molar-refractivity contribution in [2.45, 2.75) is 25.0 Å². The molecule has 1 aliphatic rings. The van der Waals surface area contributed by atoms with E-state index in [-0.39, 0.29) is 12.2 Å². The van der Waals surface area contributed by atoms with Crippen molar-refractivity contribution < 1.29 is 9.84 Å². The summed E-state index contributed by atoms with van der Waals surface area (Å²) in [5, 5.41) is 9.81. The zero-order valence-electron chi connectivity index (χ0n) is 5.22. The predicted octanol–water partition coefficient (Wildman–Crippen LogP) is 0.921. The molecule has 1 N–H and O–H groups in total. The van der Waals surface area contributed by atoms with Crippen molar-refractivity contribution in [1.29, 1.82) is 0 Å². The molecule has 1 heterocycles. The molecule has 54 valence electrons. The van der Waals surface area contributed by atoms with E-state index in [1.807, 2.05) is 0 Å². The summed E-state index contributed by atoms with van der Waals surface area (Å²) < 4.78 is 5.23. The van der Waals surface area contributed by atoms with Crippen molar-refractivity contribution in [3.05, 3.63) is 0 Å². The van der Waals surface area contributed by atoms with E-state index in [2.05, 4.69) is 15.9 Å². The summed E-state index contributed by atoms with van der Waals surface area (Å²) in [5.41, 5.74) is 0. The van der Waals surface area contributed by atoms with E-state index >= 15 is 0 Å². The van der Waals surface area contributed by atoms with Crippen LogP contribution in [0.15, 0.2) is 0 Å². The van der Waals surface area contributed by atoms with Crippen LogP contribution in [-0.2, 0) is 4.74 Å². The number of hydrogen-bond acceptors (Lipinski definition) is 2. The third-order valence-electron chi connectivity index (χ3n) is 1.55.